The van der Waals surface area contributed by atoms with E-state index in [9.17, 15) is 8.42 Å². The zero-order chi connectivity index (χ0) is 15.9. The molecule has 0 amide bonds. The molecule has 0 spiro atoms. The summed E-state index contributed by atoms with van der Waals surface area (Å²) in [5.41, 5.74) is 0. The molecule has 1 N–H and O–H groups in total. The standard InChI is InChI=1S/C17H35NO2S/c1-5-15-7-8-17(13-18-12-14(3)4)16(11-15)9-10-21(19,20)6-2/h14-18H,5-13H2,1-4H3. The van der Waals surface area contributed by atoms with Gasteiger partial charge in [0, 0.05) is 5.75 Å². The van der Waals surface area contributed by atoms with Gasteiger partial charge in [0.2, 0.25) is 0 Å². The van der Waals surface area contributed by atoms with Crippen molar-refractivity contribution in [1.29, 1.82) is 0 Å². The predicted octanol–water partition coefficient (Wildman–Crippen LogP) is 3.50. The van der Waals surface area contributed by atoms with Crippen molar-refractivity contribution in [2.24, 2.45) is 23.7 Å². The maximum absolute atomic E-state index is 11.8. The van der Waals surface area contributed by atoms with Crippen LogP contribution in [0.4, 0.5) is 0 Å². The van der Waals surface area contributed by atoms with Crippen LogP contribution in [0.3, 0.4) is 0 Å². The van der Waals surface area contributed by atoms with Crippen LogP contribution in [-0.2, 0) is 9.84 Å². The average molecular weight is 318 g/mol. The highest BCUT2D eigenvalue weighted by atomic mass is 32.2. The van der Waals surface area contributed by atoms with Crippen LogP contribution in [-0.4, -0.2) is 33.0 Å². The van der Waals surface area contributed by atoms with Crippen LogP contribution in [0.2, 0.25) is 0 Å². The summed E-state index contributed by atoms with van der Waals surface area (Å²) in [6.45, 7) is 10.6. The van der Waals surface area contributed by atoms with Crippen LogP contribution in [0.1, 0.15) is 59.8 Å². The number of hydrogen-bond acceptors (Lipinski definition) is 3. The van der Waals surface area contributed by atoms with Crippen LogP contribution in [0.15, 0.2) is 0 Å². The van der Waals surface area contributed by atoms with Gasteiger partial charge in [0.1, 0.15) is 9.84 Å². The van der Waals surface area contributed by atoms with E-state index in [1.54, 1.807) is 6.92 Å². The minimum atomic E-state index is -2.82. The largest absolute Gasteiger partial charge is 0.316 e. The number of nitrogens with one attached hydrogen (secondary N) is 1. The van der Waals surface area contributed by atoms with Crippen molar-refractivity contribution in [2.75, 3.05) is 24.6 Å². The lowest BCUT2D eigenvalue weighted by molar-refractivity contribution is 0.167. The summed E-state index contributed by atoms with van der Waals surface area (Å²) in [7, 11) is -2.82. The molecule has 0 saturated heterocycles. The Balaban J connectivity index is 2.53. The highest BCUT2D eigenvalue weighted by molar-refractivity contribution is 7.91. The molecule has 1 aliphatic carbocycles. The molecule has 0 aromatic rings. The Morgan fingerprint density at radius 3 is 2.43 bits per heavy atom. The molecule has 3 unspecified atom stereocenters. The molecule has 0 radical (unpaired) electrons. The van der Waals surface area contributed by atoms with E-state index >= 15 is 0 Å². The Bertz CT molecular complexity index is 378. The Morgan fingerprint density at radius 2 is 1.86 bits per heavy atom. The van der Waals surface area contributed by atoms with E-state index in [1.807, 2.05) is 0 Å². The Labute approximate surface area is 132 Å². The summed E-state index contributed by atoms with van der Waals surface area (Å²) in [5.74, 6) is 3.40. The second-order valence-electron chi connectivity index (χ2n) is 7.18. The Kier molecular flexibility index (Phi) is 8.25. The number of hydrogen-bond donors (Lipinski definition) is 1. The van der Waals surface area contributed by atoms with Gasteiger partial charge in [-0.1, -0.05) is 40.5 Å². The first-order valence-electron chi connectivity index (χ1n) is 8.79. The van der Waals surface area contributed by atoms with Gasteiger partial charge in [-0.2, -0.15) is 0 Å². The van der Waals surface area contributed by atoms with Crippen LogP contribution in [0, 0.1) is 23.7 Å². The molecule has 0 aliphatic heterocycles. The SMILES string of the molecule is CCC1CCC(CNCC(C)C)C(CCS(=O)(=O)CC)C1. The third-order valence-corrected chi connectivity index (χ3v) is 6.76. The molecule has 0 bridgehead atoms. The second kappa shape index (κ2) is 9.14. The molecule has 1 aliphatic rings. The van der Waals surface area contributed by atoms with Crippen LogP contribution < -0.4 is 5.32 Å². The van der Waals surface area contributed by atoms with Crippen molar-refractivity contribution < 1.29 is 8.42 Å². The van der Waals surface area contributed by atoms with Gasteiger partial charge in [0.25, 0.3) is 0 Å². The first-order valence-corrected chi connectivity index (χ1v) is 10.6. The van der Waals surface area contributed by atoms with E-state index in [-0.39, 0.29) is 5.75 Å². The van der Waals surface area contributed by atoms with Gasteiger partial charge in [0.15, 0.2) is 0 Å². The van der Waals surface area contributed by atoms with Crippen LogP contribution >= 0.6 is 0 Å². The molecule has 0 aromatic carbocycles. The smallest absolute Gasteiger partial charge is 0.150 e. The number of sulfone groups is 1. The van der Waals surface area contributed by atoms with E-state index in [0.29, 0.717) is 23.5 Å². The summed E-state index contributed by atoms with van der Waals surface area (Å²) in [4.78, 5) is 0. The van der Waals surface area contributed by atoms with Gasteiger partial charge in [-0.3, -0.25) is 0 Å². The highest BCUT2D eigenvalue weighted by Crippen LogP contribution is 2.37. The highest BCUT2D eigenvalue weighted by Gasteiger charge is 2.30. The second-order valence-corrected chi connectivity index (χ2v) is 9.66. The molecule has 1 saturated carbocycles. The lowest BCUT2D eigenvalue weighted by Gasteiger charge is -2.36. The summed E-state index contributed by atoms with van der Waals surface area (Å²) in [5, 5.41) is 3.58. The topological polar surface area (TPSA) is 46.2 Å². The first-order chi connectivity index (χ1) is 9.88. The van der Waals surface area contributed by atoms with Gasteiger partial charge in [-0.25, -0.2) is 8.42 Å². The lowest BCUT2D eigenvalue weighted by Crippen LogP contribution is -2.35. The van der Waals surface area contributed by atoms with E-state index in [1.165, 1.54) is 25.7 Å². The molecule has 3 nitrogen and oxygen atoms in total. The lowest BCUT2D eigenvalue weighted by atomic mass is 9.72. The zero-order valence-electron chi connectivity index (χ0n) is 14.4. The minimum Gasteiger partial charge on any atom is -0.316 e. The molecule has 21 heavy (non-hydrogen) atoms. The molecule has 4 heteroatoms. The van der Waals surface area contributed by atoms with Crippen molar-refractivity contribution >= 4 is 9.84 Å². The monoisotopic (exact) mass is 317 g/mol. The van der Waals surface area contributed by atoms with Crippen LogP contribution in [0.25, 0.3) is 0 Å². The molecular weight excluding hydrogens is 282 g/mol. The van der Waals surface area contributed by atoms with Crippen molar-refractivity contribution in [1.82, 2.24) is 5.32 Å². The fraction of sp³-hybridized carbons (Fsp3) is 1.00. The van der Waals surface area contributed by atoms with Crippen LogP contribution in [0.5, 0.6) is 0 Å². The average Bonchev–Trinajstić information content (AvgIpc) is 2.45. The summed E-state index contributed by atoms with van der Waals surface area (Å²) in [6.07, 6.45) is 5.91. The van der Waals surface area contributed by atoms with Crippen molar-refractivity contribution in [3.8, 4) is 0 Å². The van der Waals surface area contributed by atoms with Crippen molar-refractivity contribution in [3.05, 3.63) is 0 Å². The molecular formula is C17H35NO2S. The van der Waals surface area contributed by atoms with E-state index < -0.39 is 9.84 Å². The summed E-state index contributed by atoms with van der Waals surface area (Å²) < 4.78 is 23.6. The third kappa shape index (κ3) is 7.14. The van der Waals surface area contributed by atoms with Gasteiger partial charge in [-0.05, 0) is 56.0 Å². The quantitative estimate of drug-likeness (QED) is 0.708. The Morgan fingerprint density at radius 1 is 1.14 bits per heavy atom. The number of rotatable bonds is 9. The summed E-state index contributed by atoms with van der Waals surface area (Å²) >= 11 is 0. The fourth-order valence-electron chi connectivity index (χ4n) is 3.45. The van der Waals surface area contributed by atoms with Gasteiger partial charge in [-0.15, -0.1) is 0 Å². The van der Waals surface area contributed by atoms with E-state index in [2.05, 4.69) is 26.1 Å². The molecule has 3 atom stereocenters. The third-order valence-electron chi connectivity index (χ3n) is 5.02. The first kappa shape index (κ1) is 19.0. The van der Waals surface area contributed by atoms with E-state index in [4.69, 9.17) is 0 Å². The molecule has 0 heterocycles. The van der Waals surface area contributed by atoms with Crippen molar-refractivity contribution in [3.63, 3.8) is 0 Å². The zero-order valence-corrected chi connectivity index (χ0v) is 15.2. The normalized spacial score (nSPS) is 27.2. The molecule has 1 fully saturated rings. The maximum Gasteiger partial charge on any atom is 0.150 e. The van der Waals surface area contributed by atoms with Crippen molar-refractivity contribution in [2.45, 2.75) is 59.8 Å². The molecule has 0 aromatic heterocycles. The summed E-state index contributed by atoms with van der Waals surface area (Å²) in [6, 6.07) is 0. The Hall–Kier alpha value is -0.0900. The minimum absolute atomic E-state index is 0.285. The molecule has 1 rings (SSSR count). The fourth-order valence-corrected chi connectivity index (χ4v) is 4.40. The van der Waals surface area contributed by atoms with Gasteiger partial charge >= 0.3 is 0 Å². The maximum atomic E-state index is 11.8. The molecule has 126 valence electrons. The van der Waals surface area contributed by atoms with Gasteiger partial charge in [0.05, 0.1) is 5.75 Å². The predicted molar refractivity (Wildman–Crippen MR) is 91.3 cm³/mol. The van der Waals surface area contributed by atoms with Gasteiger partial charge < -0.3 is 5.32 Å². The van der Waals surface area contributed by atoms with E-state index in [0.717, 1.165) is 25.4 Å².